The van der Waals surface area contributed by atoms with Crippen molar-refractivity contribution in [3.05, 3.63) is 0 Å². The van der Waals surface area contributed by atoms with Crippen LogP contribution in [-0.2, 0) is 14.3 Å². The van der Waals surface area contributed by atoms with E-state index in [0.717, 1.165) is 18.3 Å². The number of ether oxygens (including phenoxy) is 2. The van der Waals surface area contributed by atoms with E-state index in [1.54, 1.807) is 0 Å². The van der Waals surface area contributed by atoms with Crippen LogP contribution in [0, 0.1) is 51.2 Å². The van der Waals surface area contributed by atoms with Gasteiger partial charge >= 0.3 is 5.97 Å². The van der Waals surface area contributed by atoms with Gasteiger partial charge in [0.25, 0.3) is 0 Å². The van der Waals surface area contributed by atoms with Crippen molar-refractivity contribution in [2.45, 2.75) is 130 Å². The minimum atomic E-state index is -0.621. The highest BCUT2D eigenvalue weighted by atomic mass is 16.5. The summed E-state index contributed by atoms with van der Waals surface area (Å²) in [5.74, 6) is 3.05. The number of rotatable bonds is 7. The molecule has 2 N–H and O–H groups in total. The SMILES string of the molecule is CC1C(O)CCC2(C)C1CCC1(C)C2CCC2C3CCCC3(COC(=O)CCOC(C)(C)CO)CC[C@]21C. The van der Waals surface area contributed by atoms with E-state index in [-0.39, 0.29) is 30.5 Å². The molecular weight excluding hydrogens is 476 g/mol. The van der Waals surface area contributed by atoms with E-state index in [2.05, 4.69) is 27.7 Å². The quantitative estimate of drug-likeness (QED) is 0.365. The van der Waals surface area contributed by atoms with Gasteiger partial charge in [-0.1, -0.05) is 34.1 Å². The first kappa shape index (κ1) is 28.9. The van der Waals surface area contributed by atoms with Crippen molar-refractivity contribution in [3.63, 3.8) is 0 Å². The number of hydrogen-bond acceptors (Lipinski definition) is 5. The molecule has 5 rings (SSSR count). The fourth-order valence-electron chi connectivity index (χ4n) is 11.3. The summed E-state index contributed by atoms with van der Waals surface area (Å²) in [6, 6.07) is 0. The van der Waals surface area contributed by atoms with E-state index < -0.39 is 5.60 Å². The second-order valence-corrected chi connectivity index (χ2v) is 15.7. The van der Waals surface area contributed by atoms with Crippen LogP contribution >= 0.6 is 0 Å². The van der Waals surface area contributed by atoms with Gasteiger partial charge in [0, 0.05) is 5.41 Å². The van der Waals surface area contributed by atoms with Crippen LogP contribution in [0.4, 0.5) is 0 Å². The Morgan fingerprint density at radius 2 is 1.66 bits per heavy atom. The van der Waals surface area contributed by atoms with E-state index in [1.165, 1.54) is 64.2 Å². The molecule has 5 saturated carbocycles. The van der Waals surface area contributed by atoms with Crippen molar-refractivity contribution in [1.29, 1.82) is 0 Å². The van der Waals surface area contributed by atoms with Crippen molar-refractivity contribution >= 4 is 5.97 Å². The average Bonchev–Trinajstić information content (AvgIpc) is 3.30. The first-order chi connectivity index (χ1) is 17.8. The predicted molar refractivity (Wildman–Crippen MR) is 149 cm³/mol. The van der Waals surface area contributed by atoms with Crippen LogP contribution in [-0.4, -0.2) is 47.7 Å². The Balaban J connectivity index is 1.29. The van der Waals surface area contributed by atoms with Gasteiger partial charge in [0.05, 0.1) is 37.9 Å². The number of esters is 1. The highest BCUT2D eigenvalue weighted by Gasteiger charge is 2.68. The van der Waals surface area contributed by atoms with Crippen molar-refractivity contribution in [2.24, 2.45) is 51.2 Å². The van der Waals surface area contributed by atoms with Crippen molar-refractivity contribution in [1.82, 2.24) is 0 Å². The Morgan fingerprint density at radius 3 is 2.39 bits per heavy atom. The van der Waals surface area contributed by atoms with Crippen LogP contribution in [0.15, 0.2) is 0 Å². The van der Waals surface area contributed by atoms with Crippen LogP contribution in [0.5, 0.6) is 0 Å². The van der Waals surface area contributed by atoms with Gasteiger partial charge in [-0.05, 0) is 124 Å². The summed E-state index contributed by atoms with van der Waals surface area (Å²) in [5.41, 5.74) is 0.579. The molecule has 5 aliphatic rings. The number of carbonyl (C=O) groups excluding carboxylic acids is 1. The molecule has 5 heteroatoms. The molecule has 0 aromatic heterocycles. The van der Waals surface area contributed by atoms with E-state index >= 15 is 0 Å². The molecule has 0 aromatic rings. The van der Waals surface area contributed by atoms with Gasteiger partial charge in [-0.2, -0.15) is 0 Å². The molecule has 0 aliphatic heterocycles. The topological polar surface area (TPSA) is 76.0 Å². The maximum atomic E-state index is 12.7. The van der Waals surface area contributed by atoms with Gasteiger partial charge in [-0.15, -0.1) is 0 Å². The molecule has 0 saturated heterocycles. The number of carbonyl (C=O) groups is 1. The molecule has 38 heavy (non-hydrogen) atoms. The zero-order chi connectivity index (χ0) is 27.6. The molecular formula is C33H56O5. The lowest BCUT2D eigenvalue weighted by Gasteiger charge is -2.71. The molecule has 0 heterocycles. The monoisotopic (exact) mass is 532 g/mol. The minimum Gasteiger partial charge on any atom is -0.465 e. The molecule has 0 spiro atoms. The molecule has 0 aromatic carbocycles. The smallest absolute Gasteiger partial charge is 0.308 e. The minimum absolute atomic E-state index is 0.0619. The third-order valence-electron chi connectivity index (χ3n) is 13.8. The van der Waals surface area contributed by atoms with Crippen LogP contribution in [0.1, 0.15) is 119 Å². The van der Waals surface area contributed by atoms with Crippen LogP contribution < -0.4 is 0 Å². The van der Waals surface area contributed by atoms with Gasteiger partial charge in [0.2, 0.25) is 0 Å². The molecule has 10 atom stereocenters. The molecule has 218 valence electrons. The molecule has 0 bridgehead atoms. The summed E-state index contributed by atoms with van der Waals surface area (Å²) >= 11 is 0. The third-order valence-corrected chi connectivity index (χ3v) is 13.8. The second kappa shape index (κ2) is 10.0. The molecule has 0 radical (unpaired) electrons. The summed E-state index contributed by atoms with van der Waals surface area (Å²) in [5, 5.41) is 20.1. The fourth-order valence-corrected chi connectivity index (χ4v) is 11.3. The first-order valence-corrected chi connectivity index (χ1v) is 15.9. The van der Waals surface area contributed by atoms with Gasteiger partial charge in [-0.25, -0.2) is 0 Å². The second-order valence-electron chi connectivity index (χ2n) is 15.7. The van der Waals surface area contributed by atoms with Crippen molar-refractivity contribution in [2.75, 3.05) is 19.8 Å². The summed E-state index contributed by atoms with van der Waals surface area (Å²) in [4.78, 5) is 12.7. The van der Waals surface area contributed by atoms with Gasteiger partial charge < -0.3 is 19.7 Å². The van der Waals surface area contributed by atoms with Crippen molar-refractivity contribution < 1.29 is 24.5 Å². The Hall–Kier alpha value is -0.650. The van der Waals surface area contributed by atoms with E-state index in [4.69, 9.17) is 9.47 Å². The summed E-state index contributed by atoms with van der Waals surface area (Å²) in [7, 11) is 0. The lowest BCUT2D eigenvalue weighted by Crippen LogP contribution is -2.65. The van der Waals surface area contributed by atoms with Gasteiger partial charge in [0.15, 0.2) is 0 Å². The average molecular weight is 533 g/mol. The van der Waals surface area contributed by atoms with Gasteiger partial charge in [-0.3, -0.25) is 4.79 Å². The Labute approximate surface area is 231 Å². The molecule has 5 aliphatic carbocycles. The van der Waals surface area contributed by atoms with Crippen molar-refractivity contribution in [3.8, 4) is 0 Å². The highest BCUT2D eigenvalue weighted by molar-refractivity contribution is 5.69. The Bertz CT molecular complexity index is 887. The zero-order valence-corrected chi connectivity index (χ0v) is 25.2. The molecule has 5 nitrogen and oxygen atoms in total. The summed E-state index contributed by atoms with van der Waals surface area (Å²) < 4.78 is 11.6. The summed E-state index contributed by atoms with van der Waals surface area (Å²) in [6.45, 7) is 14.7. The number of aliphatic hydroxyl groups is 2. The maximum absolute atomic E-state index is 12.7. The van der Waals surface area contributed by atoms with Crippen LogP contribution in [0.25, 0.3) is 0 Å². The maximum Gasteiger partial charge on any atom is 0.308 e. The lowest BCUT2D eigenvalue weighted by atomic mass is 9.33. The largest absolute Gasteiger partial charge is 0.465 e. The number of aliphatic hydroxyl groups excluding tert-OH is 2. The number of fused-ring (bicyclic) bond motifs is 7. The fraction of sp³-hybridized carbons (Fsp3) is 0.970. The normalized spacial score (nSPS) is 48.4. The highest BCUT2D eigenvalue weighted by Crippen LogP contribution is 2.75. The summed E-state index contributed by atoms with van der Waals surface area (Å²) in [6.07, 6.45) is 13.7. The molecule has 9 unspecified atom stereocenters. The predicted octanol–water partition coefficient (Wildman–Crippen LogP) is 6.53. The Kier molecular flexibility index (Phi) is 7.61. The van der Waals surface area contributed by atoms with Gasteiger partial charge in [0.1, 0.15) is 0 Å². The molecule has 5 fully saturated rings. The Morgan fingerprint density at radius 1 is 0.895 bits per heavy atom. The zero-order valence-electron chi connectivity index (χ0n) is 25.2. The van der Waals surface area contributed by atoms with Crippen LogP contribution in [0.3, 0.4) is 0 Å². The third kappa shape index (κ3) is 4.40. The van der Waals surface area contributed by atoms with E-state index in [9.17, 15) is 15.0 Å². The first-order valence-electron chi connectivity index (χ1n) is 15.9. The van der Waals surface area contributed by atoms with Crippen LogP contribution in [0.2, 0.25) is 0 Å². The molecule has 0 amide bonds. The standard InChI is InChI=1S/C33H56O5/c1-22-23-11-16-32(6)27(30(23,4)15-12-26(22)35)10-9-24-25-8-7-14-33(25,18-17-31(24,32)5)21-37-28(36)13-19-38-29(2,3)20-34/h22-27,34-35H,7-21H2,1-6H3/t22?,23?,24?,25?,26?,27?,30?,31-,32?,33?/m1/s1. The number of hydrogen-bond donors (Lipinski definition) is 2. The van der Waals surface area contributed by atoms with E-state index in [0.29, 0.717) is 47.2 Å². The van der Waals surface area contributed by atoms with E-state index in [1.807, 2.05) is 13.8 Å². The lowest BCUT2D eigenvalue weighted by molar-refractivity contribution is -0.236.